The Morgan fingerprint density at radius 1 is 0.930 bits per heavy atom. The zero-order valence-corrected chi connectivity index (χ0v) is 24.4. The van der Waals surface area contributed by atoms with Gasteiger partial charge in [0.05, 0.1) is 12.4 Å². The number of anilines is 1. The second-order valence-electron chi connectivity index (χ2n) is 10.4. The number of nitrogens with one attached hydrogen (secondary N) is 4. The third-order valence-corrected chi connectivity index (χ3v) is 7.10. The molecule has 0 aliphatic rings. The Hall–Kier alpha value is -4.96. The first-order chi connectivity index (χ1) is 20.9. The highest BCUT2D eigenvalue weighted by Gasteiger charge is 2.22. The SMILES string of the molecule is C[C@H](CNC(=O)[C@H](CCCN=C(N)N)NC(=O)c1ccc(NCNCc2ccccn2)cc1)c1cccc2ccccc12. The molecule has 43 heavy (non-hydrogen) atoms. The van der Waals surface area contributed by atoms with Crippen LogP contribution in [-0.2, 0) is 11.3 Å². The highest BCUT2D eigenvalue weighted by molar-refractivity contribution is 5.97. The minimum atomic E-state index is -0.741. The van der Waals surface area contributed by atoms with E-state index in [1.807, 2.05) is 48.5 Å². The van der Waals surface area contributed by atoms with Crippen molar-refractivity contribution in [1.29, 1.82) is 0 Å². The maximum Gasteiger partial charge on any atom is 0.251 e. The number of benzene rings is 3. The number of fused-ring (bicyclic) bond motifs is 1. The van der Waals surface area contributed by atoms with Crippen molar-refractivity contribution in [2.24, 2.45) is 16.5 Å². The number of rotatable bonds is 15. The van der Waals surface area contributed by atoms with Crippen LogP contribution in [0.1, 0.15) is 47.3 Å². The van der Waals surface area contributed by atoms with E-state index in [0.717, 1.165) is 27.7 Å². The second kappa shape index (κ2) is 15.9. The van der Waals surface area contributed by atoms with Gasteiger partial charge in [0.2, 0.25) is 5.91 Å². The molecule has 8 N–H and O–H groups in total. The third-order valence-electron chi connectivity index (χ3n) is 7.10. The van der Waals surface area contributed by atoms with Gasteiger partial charge in [0.25, 0.3) is 5.91 Å². The average Bonchev–Trinajstić information content (AvgIpc) is 3.03. The van der Waals surface area contributed by atoms with Gasteiger partial charge in [0, 0.05) is 37.1 Å². The molecule has 2 amide bonds. The molecule has 0 radical (unpaired) electrons. The monoisotopic (exact) mass is 580 g/mol. The van der Waals surface area contributed by atoms with Crippen molar-refractivity contribution in [2.45, 2.75) is 38.3 Å². The Bertz CT molecular complexity index is 1500. The number of nitrogens with zero attached hydrogens (tertiary/aromatic N) is 2. The van der Waals surface area contributed by atoms with Crippen molar-refractivity contribution in [3.63, 3.8) is 0 Å². The number of amides is 2. The van der Waals surface area contributed by atoms with Gasteiger partial charge in [-0.15, -0.1) is 0 Å². The fourth-order valence-corrected chi connectivity index (χ4v) is 4.78. The number of nitrogens with two attached hydrogens (primary N) is 2. The predicted molar refractivity (Wildman–Crippen MR) is 173 cm³/mol. The van der Waals surface area contributed by atoms with Crippen LogP contribution in [-0.4, -0.2) is 48.6 Å². The van der Waals surface area contributed by atoms with E-state index in [1.54, 1.807) is 18.3 Å². The van der Waals surface area contributed by atoms with Gasteiger partial charge in [0.15, 0.2) is 5.96 Å². The molecule has 0 saturated heterocycles. The summed E-state index contributed by atoms with van der Waals surface area (Å²) in [5.74, 6) is -0.507. The van der Waals surface area contributed by atoms with E-state index in [-0.39, 0.29) is 23.7 Å². The quantitative estimate of drug-likeness (QED) is 0.0543. The molecule has 10 nitrogen and oxygen atoms in total. The summed E-state index contributed by atoms with van der Waals surface area (Å²) in [5.41, 5.74) is 14.3. The van der Waals surface area contributed by atoms with Gasteiger partial charge in [-0.2, -0.15) is 0 Å². The number of hydrogen-bond acceptors (Lipinski definition) is 6. The fourth-order valence-electron chi connectivity index (χ4n) is 4.78. The summed E-state index contributed by atoms with van der Waals surface area (Å²) in [6.45, 7) is 4.06. The molecule has 0 aliphatic carbocycles. The van der Waals surface area contributed by atoms with Gasteiger partial charge in [0.1, 0.15) is 6.04 Å². The number of aliphatic imine (C=N–C) groups is 1. The number of guanidine groups is 1. The molecule has 0 bridgehead atoms. The van der Waals surface area contributed by atoms with Crippen LogP contribution in [0.5, 0.6) is 0 Å². The maximum absolute atomic E-state index is 13.3. The van der Waals surface area contributed by atoms with Crippen molar-refractivity contribution in [3.8, 4) is 0 Å². The predicted octanol–water partition coefficient (Wildman–Crippen LogP) is 3.47. The molecule has 0 saturated carbocycles. The van der Waals surface area contributed by atoms with Crippen LogP contribution in [0.3, 0.4) is 0 Å². The summed E-state index contributed by atoms with van der Waals surface area (Å²) < 4.78 is 0. The molecule has 0 unspecified atom stereocenters. The Balaban J connectivity index is 1.33. The van der Waals surface area contributed by atoms with Crippen LogP contribution >= 0.6 is 0 Å². The minimum Gasteiger partial charge on any atom is -0.372 e. The molecular weight excluding hydrogens is 540 g/mol. The molecule has 4 aromatic rings. The minimum absolute atomic E-state index is 0.00502. The first-order valence-electron chi connectivity index (χ1n) is 14.5. The second-order valence-corrected chi connectivity index (χ2v) is 10.4. The lowest BCUT2D eigenvalue weighted by atomic mass is 9.94. The Morgan fingerprint density at radius 2 is 1.70 bits per heavy atom. The first kappa shape index (κ1) is 31.0. The van der Waals surface area contributed by atoms with Crippen molar-refractivity contribution < 1.29 is 9.59 Å². The number of carbonyl (C=O) groups is 2. The maximum atomic E-state index is 13.3. The largest absolute Gasteiger partial charge is 0.372 e. The number of pyridine rings is 1. The van der Waals surface area contributed by atoms with E-state index in [4.69, 9.17) is 11.5 Å². The van der Waals surface area contributed by atoms with Crippen LogP contribution in [0, 0.1) is 0 Å². The molecule has 224 valence electrons. The molecule has 4 rings (SSSR count). The Morgan fingerprint density at radius 3 is 2.47 bits per heavy atom. The summed E-state index contributed by atoms with van der Waals surface area (Å²) >= 11 is 0. The summed E-state index contributed by atoms with van der Waals surface area (Å²) in [7, 11) is 0. The molecule has 0 fully saturated rings. The van der Waals surface area contributed by atoms with Crippen molar-refractivity contribution in [1.82, 2.24) is 20.9 Å². The van der Waals surface area contributed by atoms with E-state index in [1.165, 1.54) is 0 Å². The normalized spacial score (nSPS) is 12.2. The molecule has 10 heteroatoms. The third kappa shape index (κ3) is 9.54. The summed E-state index contributed by atoms with van der Waals surface area (Å²) in [6.07, 6.45) is 2.68. The molecule has 2 atom stereocenters. The van der Waals surface area contributed by atoms with Crippen molar-refractivity contribution in [3.05, 3.63) is 108 Å². The van der Waals surface area contributed by atoms with E-state index in [2.05, 4.69) is 62.4 Å². The number of aromatic nitrogens is 1. The topological polar surface area (TPSA) is 160 Å². The molecule has 1 heterocycles. The average molecular weight is 581 g/mol. The zero-order valence-electron chi connectivity index (χ0n) is 24.4. The van der Waals surface area contributed by atoms with Crippen molar-refractivity contribution >= 4 is 34.2 Å². The standard InChI is InChI=1S/C33H40N8O2/c1-23(28-12-6-9-24-8-2-3-11-29(24)28)20-39-32(43)30(13-7-19-38-33(34)35)41-31(42)25-14-16-26(17-15-25)40-22-36-21-27-10-4-5-18-37-27/h2-6,8-12,14-18,23,30,36,40H,7,13,19-22H2,1H3,(H,39,43)(H,41,42)(H4,34,35,38)/t23-,30+/m1/s1. The van der Waals surface area contributed by atoms with Gasteiger partial charge in [-0.3, -0.25) is 24.9 Å². The fraction of sp³-hybridized carbons (Fsp3) is 0.273. The van der Waals surface area contributed by atoms with Crippen LogP contribution in [0.25, 0.3) is 10.8 Å². The lowest BCUT2D eigenvalue weighted by molar-refractivity contribution is -0.123. The van der Waals surface area contributed by atoms with Crippen LogP contribution in [0.2, 0.25) is 0 Å². The lowest BCUT2D eigenvalue weighted by Gasteiger charge is -2.21. The summed E-state index contributed by atoms with van der Waals surface area (Å²) in [5, 5.41) is 14.8. The molecule has 1 aromatic heterocycles. The first-order valence-corrected chi connectivity index (χ1v) is 14.5. The Kier molecular flexibility index (Phi) is 11.4. The van der Waals surface area contributed by atoms with Crippen molar-refractivity contribution in [2.75, 3.05) is 25.1 Å². The highest BCUT2D eigenvalue weighted by atomic mass is 16.2. The van der Waals surface area contributed by atoms with Crippen LogP contribution in [0.4, 0.5) is 5.69 Å². The van der Waals surface area contributed by atoms with Gasteiger partial charge < -0.3 is 27.4 Å². The van der Waals surface area contributed by atoms with Crippen LogP contribution < -0.4 is 32.7 Å². The van der Waals surface area contributed by atoms with Gasteiger partial charge in [-0.05, 0) is 71.5 Å². The van der Waals surface area contributed by atoms with Gasteiger partial charge in [-0.1, -0.05) is 55.5 Å². The summed E-state index contributed by atoms with van der Waals surface area (Å²) in [4.78, 5) is 34.7. The number of carbonyl (C=O) groups excluding carboxylic acids is 2. The van der Waals surface area contributed by atoms with Crippen LogP contribution in [0.15, 0.2) is 96.1 Å². The molecule has 0 spiro atoms. The summed E-state index contributed by atoms with van der Waals surface area (Å²) in [6, 6.07) is 26.6. The Labute approximate surface area is 252 Å². The van der Waals surface area contributed by atoms with E-state index in [9.17, 15) is 9.59 Å². The van der Waals surface area contributed by atoms with Gasteiger partial charge >= 0.3 is 0 Å². The smallest absolute Gasteiger partial charge is 0.251 e. The molecule has 0 aliphatic heterocycles. The zero-order chi connectivity index (χ0) is 30.4. The van der Waals surface area contributed by atoms with Gasteiger partial charge in [-0.25, -0.2) is 0 Å². The van der Waals surface area contributed by atoms with E-state index in [0.29, 0.717) is 44.7 Å². The molecule has 3 aromatic carbocycles. The highest BCUT2D eigenvalue weighted by Crippen LogP contribution is 2.25. The number of hydrogen-bond donors (Lipinski definition) is 6. The molecular formula is C33H40N8O2. The van der Waals surface area contributed by atoms with E-state index >= 15 is 0 Å². The van der Waals surface area contributed by atoms with E-state index < -0.39 is 6.04 Å². The lowest BCUT2D eigenvalue weighted by Crippen LogP contribution is -2.47.